The van der Waals surface area contributed by atoms with E-state index in [-0.39, 0.29) is 11.8 Å². The van der Waals surface area contributed by atoms with Crippen LogP contribution in [0.3, 0.4) is 0 Å². The maximum atomic E-state index is 12.3. The minimum absolute atomic E-state index is 0.142. The van der Waals surface area contributed by atoms with Crippen LogP contribution in [0.2, 0.25) is 0 Å². The van der Waals surface area contributed by atoms with Gasteiger partial charge < -0.3 is 10.0 Å². The third-order valence-electron chi connectivity index (χ3n) is 3.50. The van der Waals surface area contributed by atoms with Crippen LogP contribution < -0.4 is 0 Å². The molecule has 1 aromatic carbocycles. The lowest BCUT2D eigenvalue weighted by Gasteiger charge is -2.36. The molecule has 0 bridgehead atoms. The number of carboxylic acid groups (broad SMARTS) is 1. The molecule has 2 rings (SSSR count). The predicted molar refractivity (Wildman–Crippen MR) is 75.3 cm³/mol. The Morgan fingerprint density at radius 3 is 2.79 bits per heavy atom. The van der Waals surface area contributed by atoms with Crippen molar-refractivity contribution in [2.75, 3.05) is 12.3 Å². The number of aliphatic carboxylic acids is 1. The molecule has 102 valence electrons. The molecule has 1 aromatic rings. The van der Waals surface area contributed by atoms with Crippen LogP contribution in [0.15, 0.2) is 24.3 Å². The van der Waals surface area contributed by atoms with Crippen LogP contribution in [0.5, 0.6) is 0 Å². The van der Waals surface area contributed by atoms with Gasteiger partial charge in [0.25, 0.3) is 0 Å². The van der Waals surface area contributed by atoms with Crippen LogP contribution in [-0.2, 0) is 16.0 Å². The molecule has 1 heterocycles. The molecular weight excluding hydrogens is 262 g/mol. The topological polar surface area (TPSA) is 57.6 Å². The Labute approximate surface area is 117 Å². The van der Waals surface area contributed by atoms with Crippen LogP contribution in [0.4, 0.5) is 0 Å². The number of carboxylic acids is 1. The third-order valence-corrected chi connectivity index (χ3v) is 4.04. The van der Waals surface area contributed by atoms with Crippen molar-refractivity contribution in [1.82, 2.24) is 4.90 Å². The molecule has 1 aliphatic rings. The van der Waals surface area contributed by atoms with E-state index in [0.29, 0.717) is 18.7 Å². The number of thiol groups is 1. The fraction of sp³-hybridized carbons (Fsp3) is 0.429. The van der Waals surface area contributed by atoms with E-state index in [1.807, 2.05) is 18.2 Å². The zero-order valence-corrected chi connectivity index (χ0v) is 11.6. The van der Waals surface area contributed by atoms with Crippen molar-refractivity contribution in [3.63, 3.8) is 0 Å². The monoisotopic (exact) mass is 279 g/mol. The molecule has 2 atom stereocenters. The number of rotatable bonds is 3. The zero-order valence-electron chi connectivity index (χ0n) is 10.7. The molecule has 0 saturated heterocycles. The van der Waals surface area contributed by atoms with E-state index >= 15 is 0 Å². The Morgan fingerprint density at radius 1 is 1.47 bits per heavy atom. The van der Waals surface area contributed by atoms with Gasteiger partial charge in [-0.05, 0) is 17.5 Å². The van der Waals surface area contributed by atoms with E-state index < -0.39 is 12.0 Å². The molecule has 19 heavy (non-hydrogen) atoms. The molecule has 0 spiro atoms. The molecular formula is C14H17NO3S. The molecule has 0 aliphatic carbocycles. The van der Waals surface area contributed by atoms with E-state index in [2.05, 4.69) is 12.6 Å². The lowest BCUT2D eigenvalue weighted by atomic mass is 9.91. The van der Waals surface area contributed by atoms with Crippen molar-refractivity contribution >= 4 is 24.5 Å². The normalized spacial score (nSPS) is 19.7. The van der Waals surface area contributed by atoms with E-state index in [9.17, 15) is 14.7 Å². The van der Waals surface area contributed by atoms with Crippen LogP contribution in [0, 0.1) is 5.92 Å². The van der Waals surface area contributed by atoms with Crippen LogP contribution in [0.25, 0.3) is 0 Å². The average Bonchev–Trinajstić information content (AvgIpc) is 2.44. The van der Waals surface area contributed by atoms with Gasteiger partial charge in [-0.3, -0.25) is 4.79 Å². The number of carbonyl (C=O) groups is 2. The van der Waals surface area contributed by atoms with Crippen molar-refractivity contribution in [2.24, 2.45) is 5.92 Å². The van der Waals surface area contributed by atoms with Gasteiger partial charge in [-0.25, -0.2) is 4.79 Å². The standard InChI is InChI=1S/C14H17NO3S/c1-9(8-19)13(16)15-7-6-10-4-2-3-5-11(10)12(15)14(17)18/h2-5,9,12,19H,6-8H2,1H3,(H,17,18)/t9-,12-/m1/s1. The summed E-state index contributed by atoms with van der Waals surface area (Å²) in [4.78, 5) is 25.3. The van der Waals surface area contributed by atoms with Crippen molar-refractivity contribution in [3.8, 4) is 0 Å². The Hall–Kier alpha value is -1.49. The summed E-state index contributed by atoms with van der Waals surface area (Å²) >= 11 is 4.12. The molecule has 0 radical (unpaired) electrons. The minimum Gasteiger partial charge on any atom is -0.479 e. The molecule has 0 unspecified atom stereocenters. The molecule has 0 saturated carbocycles. The highest BCUT2D eigenvalue weighted by molar-refractivity contribution is 7.80. The second-order valence-electron chi connectivity index (χ2n) is 4.80. The van der Waals surface area contributed by atoms with E-state index in [1.54, 1.807) is 13.0 Å². The first-order valence-corrected chi connectivity index (χ1v) is 6.91. The molecule has 1 N–H and O–H groups in total. The van der Waals surface area contributed by atoms with E-state index in [4.69, 9.17) is 0 Å². The number of fused-ring (bicyclic) bond motifs is 1. The highest BCUT2D eigenvalue weighted by atomic mass is 32.1. The van der Waals surface area contributed by atoms with Crippen molar-refractivity contribution in [3.05, 3.63) is 35.4 Å². The number of nitrogens with zero attached hydrogens (tertiary/aromatic N) is 1. The summed E-state index contributed by atoms with van der Waals surface area (Å²) in [6, 6.07) is 6.55. The van der Waals surface area contributed by atoms with Crippen molar-refractivity contribution in [2.45, 2.75) is 19.4 Å². The van der Waals surface area contributed by atoms with Gasteiger partial charge in [-0.15, -0.1) is 0 Å². The summed E-state index contributed by atoms with van der Waals surface area (Å²) in [7, 11) is 0. The smallest absolute Gasteiger partial charge is 0.331 e. The fourth-order valence-corrected chi connectivity index (χ4v) is 2.59. The first-order valence-electron chi connectivity index (χ1n) is 6.28. The van der Waals surface area contributed by atoms with Crippen LogP contribution in [-0.4, -0.2) is 34.2 Å². The van der Waals surface area contributed by atoms with Gasteiger partial charge in [0.1, 0.15) is 0 Å². The first-order chi connectivity index (χ1) is 9.06. The summed E-state index contributed by atoms with van der Waals surface area (Å²) in [6.07, 6.45) is 0.699. The Morgan fingerprint density at radius 2 is 2.16 bits per heavy atom. The largest absolute Gasteiger partial charge is 0.479 e. The van der Waals surface area contributed by atoms with Crippen molar-refractivity contribution in [1.29, 1.82) is 0 Å². The van der Waals surface area contributed by atoms with E-state index in [1.165, 1.54) is 4.90 Å². The number of hydrogen-bond donors (Lipinski definition) is 2. The van der Waals surface area contributed by atoms with Gasteiger partial charge in [0, 0.05) is 18.2 Å². The second kappa shape index (κ2) is 5.65. The molecule has 5 heteroatoms. The number of hydrogen-bond acceptors (Lipinski definition) is 3. The van der Waals surface area contributed by atoms with Gasteiger partial charge >= 0.3 is 5.97 Å². The SMILES string of the molecule is C[C@H](CS)C(=O)N1CCc2ccccc2[C@@H]1C(=O)O. The van der Waals surface area contributed by atoms with Gasteiger partial charge in [-0.2, -0.15) is 12.6 Å². The van der Waals surface area contributed by atoms with Gasteiger partial charge in [-0.1, -0.05) is 31.2 Å². The quantitative estimate of drug-likeness (QED) is 0.829. The van der Waals surface area contributed by atoms with Crippen LogP contribution >= 0.6 is 12.6 Å². The Kier molecular flexibility index (Phi) is 4.14. The summed E-state index contributed by atoms with van der Waals surface area (Å²) < 4.78 is 0. The Balaban J connectivity index is 2.37. The lowest BCUT2D eigenvalue weighted by molar-refractivity contribution is -0.152. The number of benzene rings is 1. The molecule has 1 amide bonds. The number of amides is 1. The number of carbonyl (C=O) groups excluding carboxylic acids is 1. The predicted octanol–water partition coefficient (Wildman–Crippen LogP) is 1.76. The van der Waals surface area contributed by atoms with E-state index in [0.717, 1.165) is 11.1 Å². The lowest BCUT2D eigenvalue weighted by Crippen LogP contribution is -2.45. The molecule has 0 fully saturated rings. The van der Waals surface area contributed by atoms with Crippen LogP contribution in [0.1, 0.15) is 24.1 Å². The minimum atomic E-state index is -0.980. The van der Waals surface area contributed by atoms with Crippen molar-refractivity contribution < 1.29 is 14.7 Å². The average molecular weight is 279 g/mol. The van der Waals surface area contributed by atoms with Gasteiger partial charge in [0.05, 0.1) is 0 Å². The van der Waals surface area contributed by atoms with Gasteiger partial charge in [0.15, 0.2) is 6.04 Å². The highest BCUT2D eigenvalue weighted by Crippen LogP contribution is 2.31. The summed E-state index contributed by atoms with van der Waals surface area (Å²) in [6.45, 7) is 2.22. The maximum absolute atomic E-state index is 12.3. The summed E-state index contributed by atoms with van der Waals surface area (Å²) in [5.41, 5.74) is 1.73. The zero-order chi connectivity index (χ0) is 14.0. The highest BCUT2D eigenvalue weighted by Gasteiger charge is 2.36. The van der Waals surface area contributed by atoms with Gasteiger partial charge in [0.2, 0.25) is 5.91 Å². The molecule has 0 aromatic heterocycles. The summed E-state index contributed by atoms with van der Waals surface area (Å²) in [5, 5.41) is 9.45. The first kappa shape index (κ1) is 13.9. The fourth-order valence-electron chi connectivity index (χ4n) is 2.43. The maximum Gasteiger partial charge on any atom is 0.331 e. The molecule has 1 aliphatic heterocycles. The molecule has 4 nitrogen and oxygen atoms in total. The third kappa shape index (κ3) is 2.61. The summed E-state index contributed by atoms with van der Waals surface area (Å²) in [5.74, 6) is -0.970. The Bertz CT molecular complexity index is 503. The second-order valence-corrected chi connectivity index (χ2v) is 5.17.